The Balaban J connectivity index is 1.53. The van der Waals surface area contributed by atoms with Crippen molar-refractivity contribution in [3.05, 3.63) is 40.1 Å². The number of methoxy groups -OCH3 is 1. The maximum absolute atomic E-state index is 13.2. The highest BCUT2D eigenvalue weighted by Gasteiger charge is 2.30. The number of hydrogen-bond acceptors (Lipinski definition) is 7. The van der Waals surface area contributed by atoms with Gasteiger partial charge in [-0.1, -0.05) is 19.3 Å². The second-order valence-electron chi connectivity index (χ2n) is 9.44. The van der Waals surface area contributed by atoms with E-state index in [1.165, 1.54) is 30.0 Å². The lowest BCUT2D eigenvalue weighted by atomic mass is 9.87. The molecule has 188 valence electrons. The van der Waals surface area contributed by atoms with Crippen molar-refractivity contribution >= 4 is 15.5 Å². The number of aliphatic hydroxyl groups is 1. The Morgan fingerprint density at radius 2 is 1.83 bits per heavy atom. The highest BCUT2D eigenvalue weighted by Crippen LogP contribution is 2.35. The van der Waals surface area contributed by atoms with Gasteiger partial charge in [-0.2, -0.15) is 4.31 Å². The number of rotatable bonds is 5. The second-order valence-corrected chi connectivity index (χ2v) is 11.4. The molecule has 2 aromatic heterocycles. The summed E-state index contributed by atoms with van der Waals surface area (Å²) in [7, 11) is -2.29. The van der Waals surface area contributed by atoms with Crippen molar-refractivity contribution in [1.82, 2.24) is 23.9 Å². The Kier molecular flexibility index (Phi) is 6.41. The van der Waals surface area contributed by atoms with E-state index in [0.717, 1.165) is 31.4 Å². The molecule has 0 unspecified atom stereocenters. The highest BCUT2D eigenvalue weighted by molar-refractivity contribution is 7.89. The van der Waals surface area contributed by atoms with E-state index in [-0.39, 0.29) is 41.0 Å². The Labute approximate surface area is 204 Å². The predicted molar refractivity (Wildman–Crippen MR) is 130 cm³/mol. The van der Waals surface area contributed by atoms with Crippen LogP contribution in [0.1, 0.15) is 62.4 Å². The molecule has 11 heteroatoms. The summed E-state index contributed by atoms with van der Waals surface area (Å²) in [4.78, 5) is 20.8. The van der Waals surface area contributed by atoms with Crippen LogP contribution in [0.5, 0.6) is 5.75 Å². The molecular formula is C24H31N5O5S. The molecule has 3 aromatic rings. The number of aliphatic hydroxyl groups excluding tert-OH is 1. The van der Waals surface area contributed by atoms with Crippen molar-refractivity contribution in [2.45, 2.75) is 68.8 Å². The fraction of sp³-hybridized carbons (Fsp3) is 0.542. The van der Waals surface area contributed by atoms with Crippen LogP contribution >= 0.6 is 0 Å². The number of sulfonamides is 1. The average Bonchev–Trinajstić information content (AvgIpc) is 3.21. The van der Waals surface area contributed by atoms with Gasteiger partial charge in [-0.05, 0) is 44.7 Å². The molecule has 0 amide bonds. The minimum Gasteiger partial charge on any atom is -0.496 e. The number of hydrogen-bond donors (Lipinski definition) is 2. The fourth-order valence-electron chi connectivity index (χ4n) is 5.21. The molecule has 10 nitrogen and oxygen atoms in total. The summed E-state index contributed by atoms with van der Waals surface area (Å²) in [6.07, 6.45) is 5.87. The zero-order chi connectivity index (χ0) is 24.7. The highest BCUT2D eigenvalue weighted by atomic mass is 32.2. The number of piperidine rings is 1. The minimum absolute atomic E-state index is 0.0938. The normalized spacial score (nSPS) is 18.8. The van der Waals surface area contributed by atoms with E-state index in [1.54, 1.807) is 10.6 Å². The van der Waals surface area contributed by atoms with Gasteiger partial charge in [0.1, 0.15) is 11.6 Å². The van der Waals surface area contributed by atoms with Crippen LogP contribution in [-0.2, 0) is 10.0 Å². The number of H-pyrrole nitrogens is 1. The zero-order valence-electron chi connectivity index (χ0n) is 20.0. The second kappa shape index (κ2) is 9.36. The molecule has 1 aromatic carbocycles. The van der Waals surface area contributed by atoms with Crippen molar-refractivity contribution < 1.29 is 18.3 Å². The molecule has 1 aliphatic carbocycles. The largest absolute Gasteiger partial charge is 0.496 e. The van der Waals surface area contributed by atoms with Crippen LogP contribution in [-0.4, -0.2) is 63.7 Å². The van der Waals surface area contributed by atoms with E-state index in [9.17, 15) is 18.3 Å². The van der Waals surface area contributed by atoms with E-state index < -0.39 is 16.1 Å². The number of aryl methyl sites for hydroxylation is 1. The molecule has 35 heavy (non-hydrogen) atoms. The Morgan fingerprint density at radius 1 is 1.11 bits per heavy atom. The summed E-state index contributed by atoms with van der Waals surface area (Å²) in [6, 6.07) is 4.55. The molecule has 0 atom stereocenters. The summed E-state index contributed by atoms with van der Waals surface area (Å²) in [5.41, 5.74) is 1.49. The summed E-state index contributed by atoms with van der Waals surface area (Å²) in [6.45, 7) is 2.36. The van der Waals surface area contributed by atoms with Gasteiger partial charge in [0, 0.05) is 25.1 Å². The average molecular weight is 502 g/mol. The van der Waals surface area contributed by atoms with E-state index >= 15 is 0 Å². The van der Waals surface area contributed by atoms with Crippen LogP contribution in [0.3, 0.4) is 0 Å². The summed E-state index contributed by atoms with van der Waals surface area (Å²) in [5.74, 6) is 1.46. The van der Waals surface area contributed by atoms with Gasteiger partial charge in [-0.15, -0.1) is 5.10 Å². The monoisotopic (exact) mass is 501 g/mol. The number of nitrogens with zero attached hydrogens (tertiary/aromatic N) is 4. The maximum atomic E-state index is 13.2. The van der Waals surface area contributed by atoms with Gasteiger partial charge in [0.15, 0.2) is 11.3 Å². The van der Waals surface area contributed by atoms with Crippen molar-refractivity contribution in [1.29, 1.82) is 0 Å². The number of fused-ring (bicyclic) bond motifs is 1. The van der Waals surface area contributed by atoms with Crippen molar-refractivity contribution in [3.8, 4) is 17.1 Å². The van der Waals surface area contributed by atoms with E-state index in [2.05, 4.69) is 10.1 Å². The molecule has 2 aliphatic rings. The summed E-state index contributed by atoms with van der Waals surface area (Å²) in [5, 5.41) is 14.4. The predicted octanol–water partition coefficient (Wildman–Crippen LogP) is 2.59. The van der Waals surface area contributed by atoms with Crippen LogP contribution in [0.15, 0.2) is 27.9 Å². The van der Waals surface area contributed by atoms with E-state index in [4.69, 9.17) is 9.72 Å². The number of nitrogens with one attached hydrogen (secondary N) is 1. The molecule has 5 rings (SSSR count). The zero-order valence-corrected chi connectivity index (χ0v) is 20.8. The van der Waals surface area contributed by atoms with Crippen LogP contribution in [0.4, 0.5) is 0 Å². The van der Waals surface area contributed by atoms with E-state index in [0.29, 0.717) is 29.7 Å². The third-order valence-corrected chi connectivity index (χ3v) is 9.07. The first-order chi connectivity index (χ1) is 16.8. The van der Waals surface area contributed by atoms with Gasteiger partial charge in [0.25, 0.3) is 5.56 Å². The van der Waals surface area contributed by atoms with Crippen LogP contribution in [0.25, 0.3) is 16.9 Å². The third-order valence-electron chi connectivity index (χ3n) is 7.17. The Hall–Kier alpha value is -2.76. The third kappa shape index (κ3) is 4.36. The molecule has 3 heterocycles. The number of imidazole rings is 1. The lowest BCUT2D eigenvalue weighted by molar-refractivity contribution is 0.113. The first kappa shape index (κ1) is 24.0. The molecule has 1 saturated heterocycles. The topological polar surface area (TPSA) is 130 Å². The van der Waals surface area contributed by atoms with Crippen molar-refractivity contribution in [2.75, 3.05) is 20.2 Å². The molecular weight excluding hydrogens is 470 g/mol. The lowest BCUT2D eigenvalue weighted by Gasteiger charge is -2.28. The number of aromatic amines is 1. The van der Waals surface area contributed by atoms with Crippen LogP contribution in [0, 0.1) is 6.92 Å². The molecule has 1 saturated carbocycles. The Morgan fingerprint density at radius 3 is 2.51 bits per heavy atom. The van der Waals surface area contributed by atoms with E-state index in [1.807, 2.05) is 6.92 Å². The quantitative estimate of drug-likeness (QED) is 0.550. The molecule has 1 aliphatic heterocycles. The van der Waals surface area contributed by atoms with Gasteiger partial charge < -0.3 is 14.8 Å². The molecule has 2 N–H and O–H groups in total. The smallest absolute Gasteiger partial charge is 0.277 e. The van der Waals surface area contributed by atoms with Gasteiger partial charge in [0.2, 0.25) is 10.0 Å². The number of ether oxygens (including phenoxy) is 1. The van der Waals surface area contributed by atoms with Crippen molar-refractivity contribution in [3.63, 3.8) is 0 Å². The first-order valence-corrected chi connectivity index (χ1v) is 13.6. The SMILES string of the molecule is COc1cc(S(=O)(=O)N2CCC(O)CC2)ccc1-c1nn2c(C)nc(C3CCCCC3)c2c(=O)[nH]1. The summed E-state index contributed by atoms with van der Waals surface area (Å²) < 4.78 is 34.8. The minimum atomic E-state index is -3.74. The van der Waals surface area contributed by atoms with Crippen molar-refractivity contribution in [2.24, 2.45) is 0 Å². The van der Waals surface area contributed by atoms with Gasteiger partial charge in [-0.3, -0.25) is 4.79 Å². The first-order valence-electron chi connectivity index (χ1n) is 12.2. The molecule has 0 spiro atoms. The molecule has 0 radical (unpaired) electrons. The van der Waals surface area contributed by atoms with Gasteiger partial charge in [0.05, 0.1) is 29.4 Å². The number of benzene rings is 1. The van der Waals surface area contributed by atoms with Crippen LogP contribution < -0.4 is 10.3 Å². The maximum Gasteiger partial charge on any atom is 0.277 e. The molecule has 0 bridgehead atoms. The Bertz CT molecular complexity index is 1400. The summed E-state index contributed by atoms with van der Waals surface area (Å²) >= 11 is 0. The van der Waals surface area contributed by atoms with Crippen LogP contribution in [0.2, 0.25) is 0 Å². The van der Waals surface area contributed by atoms with Gasteiger partial charge >= 0.3 is 0 Å². The lowest BCUT2D eigenvalue weighted by Crippen LogP contribution is -2.39. The number of aromatic nitrogens is 4. The van der Waals surface area contributed by atoms with Gasteiger partial charge in [-0.25, -0.2) is 17.9 Å². The molecule has 2 fully saturated rings. The standard InChI is InChI=1S/C24H31N5O5S/c1-15-25-21(16-6-4-3-5-7-16)22-24(31)26-23(27-29(15)22)19-9-8-18(14-20(19)34-2)35(32,33)28-12-10-17(30)11-13-28/h8-9,14,16-17,30H,3-7,10-13H2,1-2H3,(H,26,27,31). The fourth-order valence-corrected chi connectivity index (χ4v) is 6.70.